The number of hydrogen-bond acceptors (Lipinski definition) is 1. The second kappa shape index (κ2) is 4.41. The molecule has 4 aliphatic carbocycles. The van der Waals surface area contributed by atoms with E-state index in [9.17, 15) is 0 Å². The molecule has 2 aromatic carbocycles. The first-order valence-electron chi connectivity index (χ1n) is 9.20. The van der Waals surface area contributed by atoms with Gasteiger partial charge in [-0.05, 0) is 77.7 Å². The van der Waals surface area contributed by atoms with Gasteiger partial charge in [0.05, 0.1) is 0 Å². The van der Waals surface area contributed by atoms with Crippen molar-refractivity contribution in [3.63, 3.8) is 0 Å². The summed E-state index contributed by atoms with van der Waals surface area (Å²) in [4.78, 5) is 0. The van der Waals surface area contributed by atoms with E-state index in [2.05, 4.69) is 54.6 Å². The Hall–Kier alpha value is -1.76. The predicted octanol–water partition coefficient (Wildman–Crippen LogP) is 5.07. The highest BCUT2D eigenvalue weighted by atomic mass is 16.5. The van der Waals surface area contributed by atoms with Crippen molar-refractivity contribution >= 4 is 10.8 Å². The van der Waals surface area contributed by atoms with Crippen LogP contribution in [0.5, 0.6) is 5.75 Å². The molecule has 0 spiro atoms. The van der Waals surface area contributed by atoms with Gasteiger partial charge in [-0.3, -0.25) is 0 Å². The Morgan fingerprint density at radius 1 is 0.783 bits per heavy atom. The molecule has 6 rings (SSSR count). The summed E-state index contributed by atoms with van der Waals surface area (Å²) < 4.78 is 6.51. The van der Waals surface area contributed by atoms with Gasteiger partial charge in [0.25, 0.3) is 0 Å². The van der Waals surface area contributed by atoms with Crippen molar-refractivity contribution in [3.8, 4) is 5.75 Å². The first kappa shape index (κ1) is 12.6. The fourth-order valence-electron chi connectivity index (χ4n) is 6.51. The Kier molecular flexibility index (Phi) is 2.42. The highest BCUT2D eigenvalue weighted by molar-refractivity contribution is 5.83. The second-order valence-corrected chi connectivity index (χ2v) is 8.16. The molecule has 23 heavy (non-hydrogen) atoms. The summed E-state index contributed by atoms with van der Waals surface area (Å²) in [5.74, 6) is 6.48. The van der Waals surface area contributed by atoms with Gasteiger partial charge in [-0.1, -0.05) is 42.5 Å². The topological polar surface area (TPSA) is 9.23 Å². The average Bonchev–Trinajstić information content (AvgIpc) is 3.33. The van der Waals surface area contributed by atoms with E-state index in [1.54, 1.807) is 0 Å². The first-order valence-corrected chi connectivity index (χ1v) is 9.20. The van der Waals surface area contributed by atoms with E-state index in [0.29, 0.717) is 6.10 Å². The van der Waals surface area contributed by atoms with Gasteiger partial charge in [-0.15, -0.1) is 0 Å². The van der Waals surface area contributed by atoms with Crippen molar-refractivity contribution in [3.05, 3.63) is 54.6 Å². The molecule has 7 atom stereocenters. The summed E-state index contributed by atoms with van der Waals surface area (Å²) in [5.41, 5.74) is 0. The van der Waals surface area contributed by atoms with Crippen LogP contribution in [0.2, 0.25) is 0 Å². The smallest absolute Gasteiger partial charge is 0.120 e. The minimum Gasteiger partial charge on any atom is -0.490 e. The van der Waals surface area contributed by atoms with Crippen molar-refractivity contribution in [2.75, 3.05) is 0 Å². The zero-order valence-electron chi connectivity index (χ0n) is 13.3. The summed E-state index contributed by atoms with van der Waals surface area (Å²) in [6.45, 7) is 0. The fourth-order valence-corrected chi connectivity index (χ4v) is 6.51. The van der Waals surface area contributed by atoms with Gasteiger partial charge in [-0.2, -0.15) is 0 Å². The van der Waals surface area contributed by atoms with E-state index < -0.39 is 0 Å². The SMILES string of the molecule is C1=CC2CC1C1C3CC(Oc4ccc5ccccc5c4)C(C3)C21. The molecular formula is C22H22O. The van der Waals surface area contributed by atoms with E-state index in [0.717, 1.165) is 41.3 Å². The normalized spacial score (nSPS) is 42.5. The number of fused-ring (bicyclic) bond motifs is 10. The molecule has 3 saturated carbocycles. The predicted molar refractivity (Wildman–Crippen MR) is 92.3 cm³/mol. The second-order valence-electron chi connectivity index (χ2n) is 8.16. The molecule has 2 aromatic rings. The van der Waals surface area contributed by atoms with E-state index in [4.69, 9.17) is 4.74 Å². The quantitative estimate of drug-likeness (QED) is 0.556. The monoisotopic (exact) mass is 302 g/mol. The van der Waals surface area contributed by atoms with Crippen LogP contribution in [0.1, 0.15) is 19.3 Å². The summed E-state index contributed by atoms with van der Waals surface area (Å²) >= 11 is 0. The van der Waals surface area contributed by atoms with Crippen molar-refractivity contribution in [1.82, 2.24) is 0 Å². The van der Waals surface area contributed by atoms with Crippen molar-refractivity contribution < 1.29 is 4.74 Å². The number of hydrogen-bond donors (Lipinski definition) is 0. The van der Waals surface area contributed by atoms with E-state index in [-0.39, 0.29) is 0 Å². The third-order valence-electron chi connectivity index (χ3n) is 7.22. The molecule has 7 unspecified atom stereocenters. The summed E-state index contributed by atoms with van der Waals surface area (Å²) in [6, 6.07) is 15.1. The molecule has 0 aliphatic heterocycles. The Morgan fingerprint density at radius 3 is 2.52 bits per heavy atom. The number of rotatable bonds is 2. The minimum absolute atomic E-state index is 0.454. The summed E-state index contributed by atoms with van der Waals surface area (Å²) in [6.07, 6.45) is 9.63. The van der Waals surface area contributed by atoms with Gasteiger partial charge in [0.15, 0.2) is 0 Å². The van der Waals surface area contributed by atoms with Gasteiger partial charge in [0, 0.05) is 0 Å². The van der Waals surface area contributed by atoms with Gasteiger partial charge >= 0.3 is 0 Å². The molecule has 0 amide bonds. The Morgan fingerprint density at radius 2 is 1.61 bits per heavy atom. The maximum absolute atomic E-state index is 6.51. The zero-order chi connectivity index (χ0) is 15.0. The van der Waals surface area contributed by atoms with Gasteiger partial charge < -0.3 is 4.74 Å². The fraction of sp³-hybridized carbons (Fsp3) is 0.455. The minimum atomic E-state index is 0.454. The van der Waals surface area contributed by atoms with Gasteiger partial charge in [0.2, 0.25) is 0 Å². The zero-order valence-corrected chi connectivity index (χ0v) is 13.3. The van der Waals surface area contributed by atoms with Crippen LogP contribution in [0.15, 0.2) is 54.6 Å². The molecule has 1 nitrogen and oxygen atoms in total. The van der Waals surface area contributed by atoms with Crippen molar-refractivity contribution in [2.24, 2.45) is 35.5 Å². The van der Waals surface area contributed by atoms with Crippen LogP contribution in [-0.2, 0) is 0 Å². The van der Waals surface area contributed by atoms with Crippen LogP contribution in [0.3, 0.4) is 0 Å². The van der Waals surface area contributed by atoms with Crippen molar-refractivity contribution in [2.45, 2.75) is 25.4 Å². The molecule has 0 heterocycles. The van der Waals surface area contributed by atoms with E-state index >= 15 is 0 Å². The van der Waals surface area contributed by atoms with Crippen LogP contribution in [0.4, 0.5) is 0 Å². The lowest BCUT2D eigenvalue weighted by atomic mass is 9.72. The number of ether oxygens (including phenoxy) is 1. The molecule has 0 aromatic heterocycles. The molecule has 1 heteroatoms. The highest BCUT2D eigenvalue weighted by Crippen LogP contribution is 2.65. The molecular weight excluding hydrogens is 280 g/mol. The maximum atomic E-state index is 6.51. The average molecular weight is 302 g/mol. The molecule has 3 fully saturated rings. The standard InChI is InChI=1S/C22H22O/c1-2-4-14-10-18(8-7-13(14)3-1)23-20-12-17-11-19(20)22-16-6-5-15(9-16)21(17)22/h1-8,10,15-17,19-22H,9,11-12H2. The van der Waals surface area contributed by atoms with Gasteiger partial charge in [-0.25, -0.2) is 0 Å². The lowest BCUT2D eigenvalue weighted by Crippen LogP contribution is -2.36. The lowest BCUT2D eigenvalue weighted by molar-refractivity contribution is 0.0666. The molecule has 0 saturated heterocycles. The van der Waals surface area contributed by atoms with Crippen molar-refractivity contribution in [1.29, 1.82) is 0 Å². The van der Waals surface area contributed by atoms with Crippen LogP contribution < -0.4 is 4.74 Å². The molecule has 0 N–H and O–H groups in total. The Balaban J connectivity index is 1.28. The third-order valence-corrected chi connectivity index (χ3v) is 7.22. The largest absolute Gasteiger partial charge is 0.490 e. The molecule has 116 valence electrons. The van der Waals surface area contributed by atoms with Crippen LogP contribution in [0, 0.1) is 35.5 Å². The highest BCUT2D eigenvalue weighted by Gasteiger charge is 2.61. The molecule has 4 aliphatic rings. The Labute approximate surface area is 137 Å². The number of benzene rings is 2. The van der Waals surface area contributed by atoms with Crippen LogP contribution in [0.25, 0.3) is 10.8 Å². The Bertz CT molecular complexity index is 806. The van der Waals surface area contributed by atoms with E-state index in [1.165, 1.54) is 30.0 Å². The summed E-state index contributed by atoms with van der Waals surface area (Å²) in [5, 5.41) is 2.58. The number of allylic oxidation sites excluding steroid dienone is 2. The summed E-state index contributed by atoms with van der Waals surface area (Å²) in [7, 11) is 0. The van der Waals surface area contributed by atoms with E-state index in [1.807, 2.05) is 0 Å². The van der Waals surface area contributed by atoms with Crippen LogP contribution in [-0.4, -0.2) is 6.10 Å². The van der Waals surface area contributed by atoms with Crippen LogP contribution >= 0.6 is 0 Å². The third kappa shape index (κ3) is 1.68. The molecule has 4 bridgehead atoms. The lowest BCUT2D eigenvalue weighted by Gasteiger charge is -2.36. The van der Waals surface area contributed by atoms with Gasteiger partial charge in [0.1, 0.15) is 11.9 Å². The first-order chi connectivity index (χ1) is 11.4. The molecule has 0 radical (unpaired) electrons. The maximum Gasteiger partial charge on any atom is 0.120 e.